The van der Waals surface area contributed by atoms with Crippen LogP contribution in [0.4, 0.5) is 19.0 Å². The molecule has 2 heterocycles. The Labute approximate surface area is 103 Å². The van der Waals surface area contributed by atoms with Gasteiger partial charge in [0.25, 0.3) is 0 Å². The molecule has 0 spiro atoms. The predicted molar refractivity (Wildman–Crippen MR) is 58.4 cm³/mol. The number of hydrogen-bond acceptors (Lipinski definition) is 5. The van der Waals surface area contributed by atoms with Crippen molar-refractivity contribution in [2.75, 3.05) is 12.3 Å². The van der Waals surface area contributed by atoms with Crippen molar-refractivity contribution in [1.82, 2.24) is 9.38 Å². The number of nitrogen functional groups attached to an aromatic ring is 1. The molecule has 5 nitrogen and oxygen atoms in total. The molecule has 0 radical (unpaired) electrons. The Morgan fingerprint density at radius 3 is 2.83 bits per heavy atom. The van der Waals surface area contributed by atoms with Gasteiger partial charge in [0.1, 0.15) is 16.0 Å². The van der Waals surface area contributed by atoms with Crippen molar-refractivity contribution >= 4 is 28.0 Å². The molecular formula is C9H8F3N3O2S. The number of alkyl halides is 3. The minimum Gasteiger partial charge on any atom is -0.462 e. The summed E-state index contributed by atoms with van der Waals surface area (Å²) in [4.78, 5) is 14.6. The fourth-order valence-corrected chi connectivity index (χ4v) is 2.51. The number of anilines is 1. The summed E-state index contributed by atoms with van der Waals surface area (Å²) in [7, 11) is 0. The number of imidazole rings is 1. The van der Waals surface area contributed by atoms with Crippen LogP contribution in [0, 0.1) is 0 Å². The Bertz CT molecular complexity index is 602. The van der Waals surface area contributed by atoms with Crippen molar-refractivity contribution < 1.29 is 22.7 Å². The summed E-state index contributed by atoms with van der Waals surface area (Å²) in [6.07, 6.45) is -3.75. The average Bonchev–Trinajstić information content (AvgIpc) is 2.78. The van der Waals surface area contributed by atoms with Crippen molar-refractivity contribution in [1.29, 1.82) is 0 Å². The first-order valence-corrected chi connectivity index (χ1v) is 5.67. The molecule has 98 valence electrons. The maximum Gasteiger partial charge on any atom is 0.433 e. The second-order valence-corrected chi connectivity index (χ2v) is 4.30. The quantitative estimate of drug-likeness (QED) is 0.855. The van der Waals surface area contributed by atoms with Gasteiger partial charge in [-0.15, -0.1) is 11.3 Å². The SMILES string of the molecule is CCOC(=O)c1sc2c(N)ncn2c1C(F)(F)F. The zero-order valence-electron chi connectivity index (χ0n) is 9.11. The van der Waals surface area contributed by atoms with E-state index in [4.69, 9.17) is 5.73 Å². The topological polar surface area (TPSA) is 69.6 Å². The average molecular weight is 279 g/mol. The molecule has 2 aromatic rings. The van der Waals surface area contributed by atoms with E-state index in [9.17, 15) is 18.0 Å². The number of aromatic nitrogens is 2. The molecule has 2 aromatic heterocycles. The van der Waals surface area contributed by atoms with Crippen molar-refractivity contribution in [2.45, 2.75) is 13.1 Å². The molecule has 18 heavy (non-hydrogen) atoms. The van der Waals surface area contributed by atoms with E-state index in [0.717, 1.165) is 10.7 Å². The van der Waals surface area contributed by atoms with E-state index < -0.39 is 22.7 Å². The summed E-state index contributed by atoms with van der Waals surface area (Å²) >= 11 is 0.613. The second-order valence-electron chi connectivity index (χ2n) is 3.30. The van der Waals surface area contributed by atoms with Crippen LogP contribution in [-0.4, -0.2) is 22.0 Å². The Morgan fingerprint density at radius 2 is 2.28 bits per heavy atom. The van der Waals surface area contributed by atoms with Crippen LogP contribution in [0.2, 0.25) is 0 Å². The van der Waals surface area contributed by atoms with Gasteiger partial charge in [-0.2, -0.15) is 13.2 Å². The molecule has 0 amide bonds. The molecule has 0 saturated carbocycles. The van der Waals surface area contributed by atoms with E-state index in [1.165, 1.54) is 6.92 Å². The summed E-state index contributed by atoms with van der Waals surface area (Å²) in [6.45, 7) is 1.51. The Morgan fingerprint density at radius 1 is 1.61 bits per heavy atom. The fraction of sp³-hybridized carbons (Fsp3) is 0.333. The number of hydrogen-bond donors (Lipinski definition) is 1. The standard InChI is InChI=1S/C9H8F3N3O2S/c1-2-17-8(16)4-5(9(10,11)12)15-3-14-6(13)7(15)18-4/h3H,2,13H2,1H3. The van der Waals surface area contributed by atoms with Gasteiger partial charge in [0.05, 0.1) is 6.61 Å². The number of carbonyl (C=O) groups is 1. The number of halogens is 3. The van der Waals surface area contributed by atoms with Crippen LogP contribution in [-0.2, 0) is 10.9 Å². The molecule has 0 aliphatic rings. The number of esters is 1. The third-order valence-corrected chi connectivity index (χ3v) is 3.30. The maximum atomic E-state index is 12.9. The van der Waals surface area contributed by atoms with Gasteiger partial charge in [0.15, 0.2) is 11.5 Å². The van der Waals surface area contributed by atoms with Crippen LogP contribution in [0.15, 0.2) is 6.33 Å². The molecule has 2 rings (SSSR count). The van der Waals surface area contributed by atoms with Crippen LogP contribution in [0.25, 0.3) is 4.83 Å². The fourth-order valence-electron chi connectivity index (χ4n) is 1.47. The lowest BCUT2D eigenvalue weighted by Crippen LogP contribution is -2.15. The predicted octanol–water partition coefficient (Wildman–Crippen LogP) is 2.17. The van der Waals surface area contributed by atoms with Crippen LogP contribution < -0.4 is 5.73 Å². The molecule has 0 fully saturated rings. The Hall–Kier alpha value is -1.77. The van der Waals surface area contributed by atoms with E-state index in [0.29, 0.717) is 11.3 Å². The van der Waals surface area contributed by atoms with Crippen molar-refractivity contribution in [2.24, 2.45) is 0 Å². The normalized spacial score (nSPS) is 12.0. The van der Waals surface area contributed by atoms with Gasteiger partial charge in [-0.05, 0) is 6.92 Å². The van der Waals surface area contributed by atoms with Gasteiger partial charge in [-0.25, -0.2) is 9.78 Å². The molecule has 9 heteroatoms. The first kappa shape index (κ1) is 12.7. The number of nitrogens with zero attached hydrogens (tertiary/aromatic N) is 2. The number of thiazole rings is 1. The zero-order chi connectivity index (χ0) is 13.5. The monoisotopic (exact) mass is 279 g/mol. The van der Waals surface area contributed by atoms with Crippen molar-refractivity contribution in [3.05, 3.63) is 16.9 Å². The molecule has 0 unspecified atom stereocenters. The molecule has 0 atom stereocenters. The smallest absolute Gasteiger partial charge is 0.433 e. The highest BCUT2D eigenvalue weighted by atomic mass is 32.1. The lowest BCUT2D eigenvalue weighted by Gasteiger charge is -2.07. The van der Waals surface area contributed by atoms with Crippen LogP contribution in [0.1, 0.15) is 22.3 Å². The number of rotatable bonds is 2. The second kappa shape index (κ2) is 4.16. The van der Waals surface area contributed by atoms with Crippen LogP contribution in [0.3, 0.4) is 0 Å². The van der Waals surface area contributed by atoms with E-state index in [-0.39, 0.29) is 17.3 Å². The van der Waals surface area contributed by atoms with Gasteiger partial charge < -0.3 is 10.5 Å². The molecule has 0 aliphatic heterocycles. The summed E-state index contributed by atoms with van der Waals surface area (Å²) in [6, 6.07) is 0. The van der Waals surface area contributed by atoms with Gasteiger partial charge in [-0.3, -0.25) is 4.40 Å². The van der Waals surface area contributed by atoms with E-state index in [1.807, 2.05) is 0 Å². The van der Waals surface area contributed by atoms with Crippen LogP contribution >= 0.6 is 11.3 Å². The summed E-state index contributed by atoms with van der Waals surface area (Å²) < 4.78 is 44.1. The minimum atomic E-state index is -4.69. The van der Waals surface area contributed by atoms with Crippen LogP contribution in [0.5, 0.6) is 0 Å². The third-order valence-electron chi connectivity index (χ3n) is 2.13. The minimum absolute atomic E-state index is 0.00332. The first-order valence-electron chi connectivity index (χ1n) is 4.86. The highest BCUT2D eigenvalue weighted by molar-refractivity contribution is 7.19. The zero-order valence-corrected chi connectivity index (χ0v) is 9.93. The highest BCUT2D eigenvalue weighted by Crippen LogP contribution is 2.38. The molecule has 0 aliphatic carbocycles. The summed E-state index contributed by atoms with van der Waals surface area (Å²) in [5.41, 5.74) is 4.33. The molecule has 0 bridgehead atoms. The van der Waals surface area contributed by atoms with Crippen molar-refractivity contribution in [3.63, 3.8) is 0 Å². The summed E-state index contributed by atoms with van der Waals surface area (Å²) in [5, 5.41) is 0. The largest absolute Gasteiger partial charge is 0.462 e. The van der Waals surface area contributed by atoms with E-state index in [1.54, 1.807) is 0 Å². The number of carbonyl (C=O) groups excluding carboxylic acids is 1. The van der Waals surface area contributed by atoms with E-state index >= 15 is 0 Å². The van der Waals surface area contributed by atoms with Crippen molar-refractivity contribution in [3.8, 4) is 0 Å². The maximum absolute atomic E-state index is 12.9. The molecule has 2 N–H and O–H groups in total. The Balaban J connectivity index is 2.68. The number of nitrogens with two attached hydrogens (primary N) is 1. The highest BCUT2D eigenvalue weighted by Gasteiger charge is 2.41. The lowest BCUT2D eigenvalue weighted by atomic mass is 10.3. The number of fused-ring (bicyclic) bond motifs is 1. The van der Waals surface area contributed by atoms with Gasteiger partial charge in [-0.1, -0.05) is 0 Å². The van der Waals surface area contributed by atoms with Gasteiger partial charge in [0.2, 0.25) is 0 Å². The molecule has 0 saturated heterocycles. The van der Waals surface area contributed by atoms with Gasteiger partial charge >= 0.3 is 12.1 Å². The number of ether oxygens (including phenoxy) is 1. The van der Waals surface area contributed by atoms with E-state index in [2.05, 4.69) is 9.72 Å². The lowest BCUT2D eigenvalue weighted by molar-refractivity contribution is -0.142. The first-order chi connectivity index (χ1) is 8.36. The third kappa shape index (κ3) is 1.90. The summed E-state index contributed by atoms with van der Waals surface area (Å²) in [5.74, 6) is -1.07. The van der Waals surface area contributed by atoms with Gasteiger partial charge in [0, 0.05) is 0 Å². The Kier molecular flexibility index (Phi) is 2.93. The molecule has 0 aromatic carbocycles. The molecular weight excluding hydrogens is 271 g/mol.